The molecule has 8 heteroatoms. The van der Waals surface area contributed by atoms with Gasteiger partial charge in [0.15, 0.2) is 10.8 Å². The van der Waals surface area contributed by atoms with E-state index in [0.717, 1.165) is 21.6 Å². The highest BCUT2D eigenvalue weighted by atomic mass is 32.2. The maximum Gasteiger partial charge on any atom is 0.434 e. The van der Waals surface area contributed by atoms with Gasteiger partial charge in [-0.3, -0.25) is 4.79 Å². The normalized spacial score (nSPS) is 11.4. The van der Waals surface area contributed by atoms with Crippen molar-refractivity contribution in [2.45, 2.75) is 17.5 Å². The number of benzene rings is 1. The molecule has 2 rings (SSSR count). The summed E-state index contributed by atoms with van der Waals surface area (Å²) in [7, 11) is 0. The van der Waals surface area contributed by atoms with Crippen molar-refractivity contribution in [2.75, 3.05) is 11.1 Å². The molecular weight excluding hydrogens is 321 g/mol. The fourth-order valence-electron chi connectivity index (χ4n) is 1.42. The zero-order chi connectivity index (χ0) is 15.3. The second-order valence-electron chi connectivity index (χ2n) is 4.00. The van der Waals surface area contributed by atoms with Gasteiger partial charge in [-0.1, -0.05) is 18.2 Å². The molecule has 3 nitrogen and oxygen atoms in total. The van der Waals surface area contributed by atoms with Crippen molar-refractivity contribution < 1.29 is 18.0 Å². The molecule has 112 valence electrons. The number of amides is 1. The smallest absolute Gasteiger partial charge is 0.302 e. The molecule has 1 aromatic carbocycles. The van der Waals surface area contributed by atoms with Gasteiger partial charge in [0, 0.05) is 22.4 Å². The molecule has 0 fully saturated rings. The summed E-state index contributed by atoms with van der Waals surface area (Å²) >= 11 is 2.28. The molecule has 0 bridgehead atoms. The number of alkyl halides is 3. The van der Waals surface area contributed by atoms with Gasteiger partial charge in [0.05, 0.1) is 0 Å². The third kappa shape index (κ3) is 5.05. The Balaban J connectivity index is 1.78. The van der Waals surface area contributed by atoms with E-state index >= 15 is 0 Å². The Morgan fingerprint density at radius 3 is 2.62 bits per heavy atom. The molecule has 0 atom stereocenters. The van der Waals surface area contributed by atoms with Crippen molar-refractivity contribution in [3.8, 4) is 0 Å². The Kier molecular flexibility index (Phi) is 5.24. The van der Waals surface area contributed by atoms with Crippen LogP contribution in [-0.2, 0) is 11.0 Å². The molecule has 21 heavy (non-hydrogen) atoms. The van der Waals surface area contributed by atoms with Gasteiger partial charge in [-0.15, -0.1) is 23.1 Å². The highest BCUT2D eigenvalue weighted by Crippen LogP contribution is 2.31. The lowest BCUT2D eigenvalue weighted by molar-refractivity contribution is -0.140. The summed E-state index contributed by atoms with van der Waals surface area (Å²) in [6.45, 7) is 0. The van der Waals surface area contributed by atoms with Gasteiger partial charge in [-0.25, -0.2) is 4.98 Å². The summed E-state index contributed by atoms with van der Waals surface area (Å²) in [5, 5.41) is 3.23. The molecular formula is C13H11F3N2OS2. The van der Waals surface area contributed by atoms with Crippen LogP contribution in [0.25, 0.3) is 0 Å². The summed E-state index contributed by atoms with van der Waals surface area (Å²) in [6, 6.07) is 9.56. The molecule has 0 saturated carbocycles. The zero-order valence-electron chi connectivity index (χ0n) is 10.7. The first-order valence-electron chi connectivity index (χ1n) is 5.95. The van der Waals surface area contributed by atoms with Crippen LogP contribution < -0.4 is 5.32 Å². The van der Waals surface area contributed by atoms with Gasteiger partial charge in [0.2, 0.25) is 5.91 Å². The van der Waals surface area contributed by atoms with Crippen LogP contribution in [0, 0.1) is 0 Å². The number of hydrogen-bond acceptors (Lipinski definition) is 4. The monoisotopic (exact) mass is 332 g/mol. The van der Waals surface area contributed by atoms with E-state index in [4.69, 9.17) is 0 Å². The summed E-state index contributed by atoms with van der Waals surface area (Å²) < 4.78 is 37.1. The van der Waals surface area contributed by atoms with E-state index < -0.39 is 11.9 Å². The number of halogens is 3. The van der Waals surface area contributed by atoms with Crippen molar-refractivity contribution >= 4 is 34.1 Å². The topological polar surface area (TPSA) is 42.0 Å². The minimum Gasteiger partial charge on any atom is -0.302 e. The molecule has 1 amide bonds. The predicted octanol–water partition coefficient (Wildman–Crippen LogP) is 4.28. The zero-order valence-corrected chi connectivity index (χ0v) is 12.3. The van der Waals surface area contributed by atoms with Crippen molar-refractivity contribution in [3.05, 3.63) is 41.4 Å². The van der Waals surface area contributed by atoms with Crippen LogP contribution in [0.1, 0.15) is 12.1 Å². The number of aromatic nitrogens is 1. The lowest BCUT2D eigenvalue weighted by Crippen LogP contribution is -2.13. The fraction of sp³-hybridized carbons (Fsp3) is 0.231. The minimum absolute atomic E-state index is 0.0305. The number of hydrogen-bond donors (Lipinski definition) is 1. The van der Waals surface area contributed by atoms with Crippen molar-refractivity contribution in [1.82, 2.24) is 4.98 Å². The number of carbonyl (C=O) groups excluding carboxylic acids is 1. The number of thioether (sulfide) groups is 1. The van der Waals surface area contributed by atoms with Gasteiger partial charge in [0.25, 0.3) is 0 Å². The average molecular weight is 332 g/mol. The van der Waals surface area contributed by atoms with Crippen molar-refractivity contribution in [2.24, 2.45) is 0 Å². The second kappa shape index (κ2) is 6.95. The molecule has 1 heterocycles. The Hall–Kier alpha value is -1.54. The van der Waals surface area contributed by atoms with Crippen molar-refractivity contribution in [3.63, 3.8) is 0 Å². The quantitative estimate of drug-likeness (QED) is 0.831. The van der Waals surface area contributed by atoms with Crippen molar-refractivity contribution in [1.29, 1.82) is 0 Å². The predicted molar refractivity (Wildman–Crippen MR) is 77.5 cm³/mol. The molecule has 1 N–H and O–H groups in total. The standard InChI is InChI=1S/C13H11F3N2OS2/c14-13(15,16)10-8-21-12(17-10)18-11(19)6-7-20-9-4-2-1-3-5-9/h1-5,8H,6-7H2,(H,17,18,19). The lowest BCUT2D eigenvalue weighted by atomic mass is 10.4. The van der Waals surface area contributed by atoms with Crippen LogP contribution in [0.4, 0.5) is 18.3 Å². The minimum atomic E-state index is -4.48. The van der Waals surface area contributed by atoms with E-state index in [1.807, 2.05) is 30.3 Å². The van der Waals surface area contributed by atoms with Gasteiger partial charge >= 0.3 is 6.18 Å². The maximum atomic E-state index is 12.4. The van der Waals surface area contributed by atoms with Crippen LogP contribution in [-0.4, -0.2) is 16.6 Å². The highest BCUT2D eigenvalue weighted by molar-refractivity contribution is 7.99. The first-order chi connectivity index (χ1) is 9.95. The molecule has 0 spiro atoms. The number of nitrogens with zero attached hydrogens (tertiary/aromatic N) is 1. The van der Waals surface area contributed by atoms with E-state index in [1.165, 1.54) is 11.8 Å². The number of carbonyl (C=O) groups is 1. The van der Waals surface area contributed by atoms with Gasteiger partial charge in [-0.05, 0) is 12.1 Å². The fourth-order valence-corrected chi connectivity index (χ4v) is 3.03. The average Bonchev–Trinajstić information content (AvgIpc) is 2.88. The molecule has 0 saturated heterocycles. The van der Waals surface area contributed by atoms with E-state index in [-0.39, 0.29) is 17.5 Å². The first-order valence-corrected chi connectivity index (χ1v) is 7.82. The maximum absolute atomic E-state index is 12.4. The third-order valence-electron chi connectivity index (χ3n) is 2.38. The number of nitrogens with one attached hydrogen (secondary N) is 1. The molecule has 1 aromatic heterocycles. The van der Waals surface area contributed by atoms with Crippen LogP contribution in [0.3, 0.4) is 0 Å². The molecule has 0 unspecified atom stereocenters. The van der Waals surface area contributed by atoms with E-state index in [2.05, 4.69) is 10.3 Å². The Morgan fingerprint density at radius 2 is 2.00 bits per heavy atom. The Labute approximate surface area is 127 Å². The van der Waals surface area contributed by atoms with Gasteiger partial charge < -0.3 is 5.32 Å². The highest BCUT2D eigenvalue weighted by Gasteiger charge is 2.33. The van der Waals surface area contributed by atoms with Crippen LogP contribution in [0.15, 0.2) is 40.6 Å². The Morgan fingerprint density at radius 1 is 1.29 bits per heavy atom. The van der Waals surface area contributed by atoms with Crippen LogP contribution >= 0.6 is 23.1 Å². The lowest BCUT2D eigenvalue weighted by Gasteiger charge is -2.03. The number of anilines is 1. The van der Waals surface area contributed by atoms with Crippen LogP contribution in [0.2, 0.25) is 0 Å². The summed E-state index contributed by atoms with van der Waals surface area (Å²) in [4.78, 5) is 16.0. The molecule has 2 aromatic rings. The molecule has 0 aliphatic rings. The number of thiazole rings is 1. The molecule has 0 aliphatic carbocycles. The second-order valence-corrected chi connectivity index (χ2v) is 6.02. The molecule has 0 radical (unpaired) electrons. The van der Waals surface area contributed by atoms with Crippen LogP contribution in [0.5, 0.6) is 0 Å². The largest absolute Gasteiger partial charge is 0.434 e. The molecule has 0 aliphatic heterocycles. The summed E-state index contributed by atoms with van der Waals surface area (Å²) in [6.07, 6.45) is -4.27. The Bertz CT molecular complexity index is 599. The van der Waals surface area contributed by atoms with Gasteiger partial charge in [-0.2, -0.15) is 13.2 Å². The van der Waals surface area contributed by atoms with E-state index in [0.29, 0.717) is 5.75 Å². The first kappa shape index (κ1) is 15.8. The number of rotatable bonds is 5. The SMILES string of the molecule is O=C(CCSc1ccccc1)Nc1nc(C(F)(F)F)cs1. The summed E-state index contributed by atoms with van der Waals surface area (Å²) in [5.74, 6) is 0.203. The summed E-state index contributed by atoms with van der Waals surface area (Å²) in [5.41, 5.74) is -0.985. The van der Waals surface area contributed by atoms with Gasteiger partial charge in [0.1, 0.15) is 0 Å². The van der Waals surface area contributed by atoms with E-state index in [9.17, 15) is 18.0 Å². The van der Waals surface area contributed by atoms with E-state index in [1.54, 1.807) is 0 Å². The third-order valence-corrected chi connectivity index (χ3v) is 4.15.